The summed E-state index contributed by atoms with van der Waals surface area (Å²) >= 11 is 5.97. The smallest absolute Gasteiger partial charge is 0.188 e. The van der Waals surface area contributed by atoms with E-state index in [0.717, 1.165) is 11.3 Å². The van der Waals surface area contributed by atoms with Gasteiger partial charge in [0.15, 0.2) is 5.84 Å². The van der Waals surface area contributed by atoms with E-state index in [0.29, 0.717) is 23.0 Å². The molecule has 1 heterocycles. The Kier molecular flexibility index (Phi) is 4.84. The summed E-state index contributed by atoms with van der Waals surface area (Å²) in [6.45, 7) is 0.555. The maximum absolute atomic E-state index is 8.65. The molecule has 0 bridgehead atoms. The zero-order chi connectivity index (χ0) is 15.2. The Hall–Kier alpha value is -2.47. The molecule has 21 heavy (non-hydrogen) atoms. The number of amidine groups is 1. The number of rotatable bonds is 5. The van der Waals surface area contributed by atoms with Crippen LogP contribution in [0.3, 0.4) is 0 Å². The van der Waals surface area contributed by atoms with Gasteiger partial charge in [-0.15, -0.1) is 0 Å². The molecule has 0 unspecified atom stereocenters. The van der Waals surface area contributed by atoms with Gasteiger partial charge in [0.1, 0.15) is 11.4 Å². The molecule has 0 atom stereocenters. The molecule has 110 valence electrons. The van der Waals surface area contributed by atoms with Crippen LogP contribution in [0.5, 0.6) is 5.75 Å². The van der Waals surface area contributed by atoms with E-state index in [1.165, 1.54) is 0 Å². The number of hydrogen-bond donors (Lipinski definition) is 3. The third-order valence-corrected chi connectivity index (χ3v) is 3.15. The molecular weight excluding hydrogens is 292 g/mol. The van der Waals surface area contributed by atoms with Crippen molar-refractivity contribution in [2.24, 2.45) is 10.9 Å². The van der Waals surface area contributed by atoms with E-state index in [4.69, 9.17) is 27.3 Å². The van der Waals surface area contributed by atoms with E-state index in [1.54, 1.807) is 25.4 Å². The largest absolute Gasteiger partial charge is 0.495 e. The van der Waals surface area contributed by atoms with Crippen LogP contribution in [0, 0.1) is 0 Å². The van der Waals surface area contributed by atoms with Gasteiger partial charge in [0.25, 0.3) is 0 Å². The van der Waals surface area contributed by atoms with Crippen LogP contribution in [0.4, 0.5) is 5.69 Å². The molecule has 2 aromatic rings. The number of aromatic nitrogens is 1. The van der Waals surface area contributed by atoms with Crippen molar-refractivity contribution in [1.29, 1.82) is 0 Å². The molecule has 0 aliphatic heterocycles. The summed E-state index contributed by atoms with van der Waals surface area (Å²) < 4.78 is 5.16. The highest BCUT2D eigenvalue weighted by molar-refractivity contribution is 6.32. The number of nitrogens with two attached hydrogens (primary N) is 1. The van der Waals surface area contributed by atoms with E-state index in [9.17, 15) is 0 Å². The summed E-state index contributed by atoms with van der Waals surface area (Å²) in [4.78, 5) is 4.02. The van der Waals surface area contributed by atoms with Crippen molar-refractivity contribution in [2.45, 2.75) is 6.54 Å². The molecule has 0 aliphatic rings. The van der Waals surface area contributed by atoms with Gasteiger partial charge in [-0.25, -0.2) is 0 Å². The molecule has 7 heteroatoms. The highest BCUT2D eigenvalue weighted by Gasteiger charge is 2.04. The number of methoxy groups -OCH3 is 1. The fraction of sp³-hybridized carbons (Fsp3) is 0.143. The molecule has 1 aromatic heterocycles. The van der Waals surface area contributed by atoms with Crippen LogP contribution >= 0.6 is 11.6 Å². The average Bonchev–Trinajstić information content (AvgIpc) is 2.53. The summed E-state index contributed by atoms with van der Waals surface area (Å²) in [5.74, 6) is 0.582. The quantitative estimate of drug-likeness (QED) is 0.341. The summed E-state index contributed by atoms with van der Waals surface area (Å²) in [5.41, 5.74) is 7.75. The van der Waals surface area contributed by atoms with Crippen molar-refractivity contribution in [1.82, 2.24) is 4.98 Å². The van der Waals surface area contributed by atoms with Crippen molar-refractivity contribution in [3.63, 3.8) is 0 Å². The zero-order valence-electron chi connectivity index (χ0n) is 11.4. The number of halogens is 1. The van der Waals surface area contributed by atoms with E-state index >= 15 is 0 Å². The van der Waals surface area contributed by atoms with Crippen LogP contribution in [-0.2, 0) is 6.54 Å². The Balaban J connectivity index is 2.09. The molecule has 6 nitrogen and oxygen atoms in total. The molecule has 0 saturated heterocycles. The maximum Gasteiger partial charge on any atom is 0.188 e. The Morgan fingerprint density at radius 3 is 2.95 bits per heavy atom. The second-order valence-corrected chi connectivity index (χ2v) is 4.64. The van der Waals surface area contributed by atoms with Gasteiger partial charge in [-0.2, -0.15) is 0 Å². The van der Waals surface area contributed by atoms with Gasteiger partial charge in [0.2, 0.25) is 0 Å². The maximum atomic E-state index is 8.65. The lowest BCUT2D eigenvalue weighted by atomic mass is 10.2. The van der Waals surface area contributed by atoms with Gasteiger partial charge in [-0.1, -0.05) is 16.8 Å². The van der Waals surface area contributed by atoms with Crippen molar-refractivity contribution in [2.75, 3.05) is 12.4 Å². The average molecular weight is 307 g/mol. The van der Waals surface area contributed by atoms with Gasteiger partial charge in [0.05, 0.1) is 12.1 Å². The van der Waals surface area contributed by atoms with Gasteiger partial charge in [0, 0.05) is 24.5 Å². The molecule has 0 amide bonds. The van der Waals surface area contributed by atoms with Crippen molar-refractivity contribution in [3.8, 4) is 5.75 Å². The lowest BCUT2D eigenvalue weighted by Gasteiger charge is -2.10. The van der Waals surface area contributed by atoms with Crippen molar-refractivity contribution in [3.05, 3.63) is 52.8 Å². The van der Waals surface area contributed by atoms with Crippen LogP contribution in [0.25, 0.3) is 0 Å². The molecule has 0 aliphatic carbocycles. The van der Waals surface area contributed by atoms with Crippen LogP contribution in [0.1, 0.15) is 11.3 Å². The highest BCUT2D eigenvalue weighted by Crippen LogP contribution is 2.27. The molecule has 0 spiro atoms. The Bertz CT molecular complexity index is 661. The summed E-state index contributed by atoms with van der Waals surface area (Å²) in [7, 11) is 1.57. The van der Waals surface area contributed by atoms with Crippen molar-refractivity contribution < 1.29 is 9.94 Å². The van der Waals surface area contributed by atoms with Gasteiger partial charge >= 0.3 is 0 Å². The number of hydrogen-bond acceptors (Lipinski definition) is 5. The first-order chi connectivity index (χ1) is 10.1. The molecule has 1 aromatic carbocycles. The molecule has 0 fully saturated rings. The van der Waals surface area contributed by atoms with E-state index in [2.05, 4.69) is 15.5 Å². The summed E-state index contributed by atoms with van der Waals surface area (Å²) in [5, 5.41) is 15.4. The molecular formula is C14H15ClN4O2. The van der Waals surface area contributed by atoms with Gasteiger partial charge < -0.3 is 21.0 Å². The first-order valence-electron chi connectivity index (χ1n) is 6.14. The standard InChI is InChI=1S/C14H15ClN4O2/c1-21-13-7-10(2-3-11(13)15)18-8-9-4-5-17-12(6-9)14(16)19-20/h2-7,18,20H,8H2,1H3,(H2,16,19). The van der Waals surface area contributed by atoms with E-state index in [-0.39, 0.29) is 5.84 Å². The van der Waals surface area contributed by atoms with E-state index < -0.39 is 0 Å². The number of nitrogens with zero attached hydrogens (tertiary/aromatic N) is 2. The molecule has 4 N–H and O–H groups in total. The predicted octanol–water partition coefficient (Wildman–Crippen LogP) is 2.45. The van der Waals surface area contributed by atoms with Crippen LogP contribution in [0.15, 0.2) is 41.7 Å². The monoisotopic (exact) mass is 306 g/mol. The van der Waals surface area contributed by atoms with Gasteiger partial charge in [-0.05, 0) is 29.8 Å². The Morgan fingerprint density at radius 1 is 1.43 bits per heavy atom. The second-order valence-electron chi connectivity index (χ2n) is 4.24. The Labute approximate surface area is 127 Å². The van der Waals surface area contributed by atoms with Crippen molar-refractivity contribution >= 4 is 23.1 Å². The summed E-state index contributed by atoms with van der Waals surface area (Å²) in [6.07, 6.45) is 1.60. The minimum absolute atomic E-state index is 0.0231. The van der Waals surface area contributed by atoms with Crippen LogP contribution < -0.4 is 15.8 Å². The number of oxime groups is 1. The fourth-order valence-corrected chi connectivity index (χ4v) is 1.94. The third-order valence-electron chi connectivity index (χ3n) is 2.84. The molecule has 0 saturated carbocycles. The topological polar surface area (TPSA) is 92.8 Å². The van der Waals surface area contributed by atoms with Crippen LogP contribution in [0.2, 0.25) is 5.02 Å². The molecule has 0 radical (unpaired) electrons. The number of pyridine rings is 1. The lowest BCUT2D eigenvalue weighted by molar-refractivity contribution is 0.318. The summed E-state index contributed by atoms with van der Waals surface area (Å²) in [6, 6.07) is 9.02. The normalized spacial score (nSPS) is 11.2. The second kappa shape index (κ2) is 6.81. The lowest BCUT2D eigenvalue weighted by Crippen LogP contribution is -2.15. The van der Waals surface area contributed by atoms with Gasteiger partial charge in [-0.3, -0.25) is 4.98 Å². The number of ether oxygens (including phenoxy) is 1. The fourth-order valence-electron chi connectivity index (χ4n) is 1.75. The van der Waals surface area contributed by atoms with E-state index in [1.807, 2.05) is 18.2 Å². The predicted molar refractivity (Wildman–Crippen MR) is 82.1 cm³/mol. The zero-order valence-corrected chi connectivity index (χ0v) is 12.1. The minimum atomic E-state index is -0.0231. The first-order valence-corrected chi connectivity index (χ1v) is 6.52. The number of nitrogens with one attached hydrogen (secondary N) is 1. The number of benzene rings is 1. The minimum Gasteiger partial charge on any atom is -0.495 e. The SMILES string of the molecule is COc1cc(NCc2ccnc(/C(N)=N/O)c2)ccc1Cl. The number of anilines is 1. The first kappa shape index (κ1) is 14.9. The Morgan fingerprint density at radius 2 is 2.24 bits per heavy atom. The van der Waals surface area contributed by atoms with Crippen LogP contribution in [-0.4, -0.2) is 23.1 Å². The third kappa shape index (κ3) is 3.76. The highest BCUT2D eigenvalue weighted by atomic mass is 35.5. The molecule has 2 rings (SSSR count).